The average molecular weight is 312 g/mol. The second kappa shape index (κ2) is 5.00. The van der Waals surface area contributed by atoms with Gasteiger partial charge in [-0.25, -0.2) is 13.2 Å². The number of rotatable bonds is 6. The predicted octanol–water partition coefficient (Wildman–Crippen LogP) is -0.851. The molecule has 2 aliphatic rings. The maximum atomic E-state index is 12.3. The molecule has 1 amide bonds. The van der Waals surface area contributed by atoms with Crippen molar-refractivity contribution in [2.45, 2.75) is 22.8 Å². The van der Waals surface area contributed by atoms with Crippen molar-refractivity contribution in [2.75, 3.05) is 25.6 Å². The normalized spacial score (nSPS) is 23.7. The van der Waals surface area contributed by atoms with E-state index in [4.69, 9.17) is 9.84 Å². The standard InChI is InChI=1S/C9H15NO7S2/c11-8(12)10-3-7(4-10)19(15,16)9(1-2-9)5-17-6-18(13)14/h7H,1-6H2,(H,11,12)(H,13,14)/p-1. The van der Waals surface area contributed by atoms with Gasteiger partial charge >= 0.3 is 6.09 Å². The summed E-state index contributed by atoms with van der Waals surface area (Å²) in [7, 11) is -3.49. The SMILES string of the molecule is O=C(O)N1CC(S(=O)(=O)C2(COCS(=O)[O-])CC2)C1. The molecule has 1 atom stereocenters. The molecular formula is C9H14NO7S2-. The third kappa shape index (κ3) is 2.76. The molecule has 2 rings (SSSR count). The van der Waals surface area contributed by atoms with Crippen LogP contribution in [0.2, 0.25) is 0 Å². The van der Waals surface area contributed by atoms with Gasteiger partial charge in [-0.3, -0.25) is 4.21 Å². The molecule has 0 bridgehead atoms. The number of amides is 1. The molecule has 0 aromatic carbocycles. The van der Waals surface area contributed by atoms with E-state index in [1.165, 1.54) is 0 Å². The first-order valence-corrected chi connectivity index (χ1v) is 8.42. The van der Waals surface area contributed by atoms with Crippen molar-refractivity contribution in [3.8, 4) is 0 Å². The molecule has 0 aromatic heterocycles. The summed E-state index contributed by atoms with van der Waals surface area (Å²) in [5.41, 5.74) is 0. The summed E-state index contributed by atoms with van der Waals surface area (Å²) in [6.45, 7) is -0.188. The fourth-order valence-corrected chi connectivity index (χ4v) is 4.69. The minimum atomic E-state index is -3.49. The summed E-state index contributed by atoms with van der Waals surface area (Å²) in [4.78, 5) is 11.6. The lowest BCUT2D eigenvalue weighted by atomic mass is 10.2. The van der Waals surface area contributed by atoms with Crippen molar-refractivity contribution in [1.29, 1.82) is 0 Å². The highest BCUT2D eigenvalue weighted by atomic mass is 32.2. The van der Waals surface area contributed by atoms with E-state index in [1.807, 2.05) is 0 Å². The molecule has 1 heterocycles. The summed E-state index contributed by atoms with van der Waals surface area (Å²) >= 11 is -2.36. The van der Waals surface area contributed by atoms with Crippen LogP contribution in [-0.2, 0) is 25.7 Å². The van der Waals surface area contributed by atoms with Crippen molar-refractivity contribution in [3.05, 3.63) is 0 Å². The first-order chi connectivity index (χ1) is 8.78. The minimum absolute atomic E-state index is 0.0209. The summed E-state index contributed by atoms with van der Waals surface area (Å²) in [5, 5.41) is 7.97. The van der Waals surface area contributed by atoms with E-state index in [2.05, 4.69) is 0 Å². The number of hydrogen-bond acceptors (Lipinski definition) is 6. The fraction of sp³-hybridized carbons (Fsp3) is 0.889. The average Bonchev–Trinajstić information content (AvgIpc) is 2.94. The molecule has 1 N–H and O–H groups in total. The van der Waals surface area contributed by atoms with Crippen molar-refractivity contribution in [2.24, 2.45) is 0 Å². The molecule has 1 aliphatic carbocycles. The van der Waals surface area contributed by atoms with Crippen LogP contribution in [0.3, 0.4) is 0 Å². The number of carboxylic acid groups (broad SMARTS) is 1. The molecule has 2 fully saturated rings. The smallest absolute Gasteiger partial charge is 0.407 e. The first kappa shape index (κ1) is 14.7. The van der Waals surface area contributed by atoms with Crippen LogP contribution >= 0.6 is 0 Å². The summed E-state index contributed by atoms with van der Waals surface area (Å²) in [6, 6.07) is 0. The molecule has 1 saturated heterocycles. The Bertz CT molecular complexity index is 493. The van der Waals surface area contributed by atoms with Crippen LogP contribution in [0.1, 0.15) is 12.8 Å². The lowest BCUT2D eigenvalue weighted by molar-refractivity contribution is 0.118. The number of likely N-dealkylation sites (tertiary alicyclic amines) is 1. The van der Waals surface area contributed by atoms with E-state index in [-0.39, 0.29) is 19.7 Å². The van der Waals surface area contributed by atoms with Crippen molar-refractivity contribution in [3.63, 3.8) is 0 Å². The lowest BCUT2D eigenvalue weighted by Crippen LogP contribution is -2.59. The summed E-state index contributed by atoms with van der Waals surface area (Å²) in [6.07, 6.45) is -0.260. The number of hydrogen-bond donors (Lipinski definition) is 1. The molecule has 1 unspecified atom stereocenters. The Labute approximate surface area is 112 Å². The Morgan fingerprint density at radius 2 is 2.05 bits per heavy atom. The molecule has 0 spiro atoms. The van der Waals surface area contributed by atoms with Crippen LogP contribution in [0.5, 0.6) is 0 Å². The molecule has 110 valence electrons. The van der Waals surface area contributed by atoms with Crippen LogP contribution in [0.25, 0.3) is 0 Å². The number of nitrogens with zero attached hydrogens (tertiary/aromatic N) is 1. The van der Waals surface area contributed by atoms with Gasteiger partial charge in [-0.05, 0) is 23.9 Å². The highest BCUT2D eigenvalue weighted by Crippen LogP contribution is 2.47. The monoisotopic (exact) mass is 312 g/mol. The lowest BCUT2D eigenvalue weighted by Gasteiger charge is -2.38. The molecule has 10 heteroatoms. The first-order valence-electron chi connectivity index (χ1n) is 5.63. The summed E-state index contributed by atoms with van der Waals surface area (Å²) in [5.74, 6) is -0.525. The molecule has 1 saturated carbocycles. The molecule has 19 heavy (non-hydrogen) atoms. The second-order valence-corrected chi connectivity index (χ2v) is 8.27. The van der Waals surface area contributed by atoms with Gasteiger partial charge in [-0.15, -0.1) is 0 Å². The second-order valence-electron chi connectivity index (χ2n) is 4.81. The van der Waals surface area contributed by atoms with Gasteiger partial charge in [-0.2, -0.15) is 0 Å². The van der Waals surface area contributed by atoms with Crippen LogP contribution in [0.15, 0.2) is 0 Å². The highest BCUT2D eigenvalue weighted by Gasteiger charge is 2.59. The number of sulfone groups is 1. The van der Waals surface area contributed by atoms with Gasteiger partial charge in [0.05, 0.1) is 16.6 Å². The number of carbonyl (C=O) groups is 1. The minimum Gasteiger partial charge on any atom is -0.771 e. The van der Waals surface area contributed by atoms with E-state index in [9.17, 15) is 22.0 Å². The Balaban J connectivity index is 1.93. The van der Waals surface area contributed by atoms with E-state index in [1.54, 1.807) is 0 Å². The zero-order valence-corrected chi connectivity index (χ0v) is 11.6. The van der Waals surface area contributed by atoms with Crippen LogP contribution in [0, 0.1) is 0 Å². The quantitative estimate of drug-likeness (QED) is 0.633. The van der Waals surface area contributed by atoms with Gasteiger partial charge in [-0.1, -0.05) is 0 Å². The third-order valence-corrected chi connectivity index (χ3v) is 6.78. The zero-order chi connectivity index (χ0) is 14.3. The van der Waals surface area contributed by atoms with E-state index in [0.717, 1.165) is 4.90 Å². The Morgan fingerprint density at radius 1 is 1.47 bits per heavy atom. The third-order valence-electron chi connectivity index (χ3n) is 3.51. The van der Waals surface area contributed by atoms with E-state index < -0.39 is 42.9 Å². The Kier molecular flexibility index (Phi) is 3.87. The van der Waals surface area contributed by atoms with Crippen LogP contribution in [0.4, 0.5) is 4.79 Å². The highest BCUT2D eigenvalue weighted by molar-refractivity contribution is 7.93. The van der Waals surface area contributed by atoms with Gasteiger partial charge in [0.25, 0.3) is 0 Å². The Hall–Kier alpha value is -0.710. The van der Waals surface area contributed by atoms with Gasteiger partial charge in [0.1, 0.15) is 5.94 Å². The molecular weight excluding hydrogens is 298 g/mol. The molecule has 0 aromatic rings. The molecule has 0 radical (unpaired) electrons. The molecule has 1 aliphatic heterocycles. The Morgan fingerprint density at radius 3 is 2.47 bits per heavy atom. The van der Waals surface area contributed by atoms with Crippen molar-refractivity contribution >= 4 is 27.0 Å². The zero-order valence-electron chi connectivity index (χ0n) is 9.98. The van der Waals surface area contributed by atoms with Gasteiger partial charge in [0.15, 0.2) is 9.84 Å². The molecule has 8 nitrogen and oxygen atoms in total. The predicted molar refractivity (Wildman–Crippen MR) is 64.0 cm³/mol. The number of ether oxygens (including phenoxy) is 1. The summed E-state index contributed by atoms with van der Waals surface area (Å²) < 4.78 is 49.1. The largest absolute Gasteiger partial charge is 0.771 e. The van der Waals surface area contributed by atoms with Crippen LogP contribution < -0.4 is 0 Å². The fourth-order valence-electron chi connectivity index (χ4n) is 2.09. The van der Waals surface area contributed by atoms with Gasteiger partial charge < -0.3 is 19.3 Å². The maximum Gasteiger partial charge on any atom is 0.407 e. The topological polar surface area (TPSA) is 124 Å². The van der Waals surface area contributed by atoms with Gasteiger partial charge in [0, 0.05) is 13.1 Å². The van der Waals surface area contributed by atoms with E-state index in [0.29, 0.717) is 12.8 Å². The van der Waals surface area contributed by atoms with Crippen molar-refractivity contribution < 1.29 is 31.8 Å². The van der Waals surface area contributed by atoms with Crippen molar-refractivity contribution in [1.82, 2.24) is 4.90 Å². The maximum absolute atomic E-state index is 12.3. The van der Waals surface area contributed by atoms with E-state index >= 15 is 0 Å². The van der Waals surface area contributed by atoms with Gasteiger partial charge in [0.2, 0.25) is 0 Å². The van der Waals surface area contributed by atoms with Crippen LogP contribution in [-0.4, -0.2) is 68.9 Å².